The molecule has 1 amide bonds. The van der Waals surface area contributed by atoms with Gasteiger partial charge in [-0.15, -0.1) is 5.10 Å². The summed E-state index contributed by atoms with van der Waals surface area (Å²) >= 11 is 0. The standard InChI is InChI=1S/C18H15F6N7O/c1-25-5-3-14(26-2)28-29-15(32)4-6-31-10-27-16(30-31)11-7-12(17(19,20)21)9-13(8-11)18(22,23)24/h4-10H,2-3H2,1H3,(H,29,32)/b6-4?,25-5?,28-14-. The van der Waals surface area contributed by atoms with Crippen molar-refractivity contribution in [2.75, 3.05) is 7.05 Å². The van der Waals surface area contributed by atoms with Gasteiger partial charge in [-0.25, -0.2) is 20.1 Å². The third-order valence-corrected chi connectivity index (χ3v) is 3.67. The maximum absolute atomic E-state index is 13.0. The third kappa shape index (κ3) is 6.85. The van der Waals surface area contributed by atoms with Crippen molar-refractivity contribution >= 4 is 30.9 Å². The fourth-order valence-corrected chi connectivity index (χ4v) is 2.18. The molecular formula is C18H15F6N7O. The Kier molecular flexibility index (Phi) is 7.62. The molecule has 1 N–H and O–H groups in total. The lowest BCUT2D eigenvalue weighted by Gasteiger charge is -2.13. The monoisotopic (exact) mass is 459 g/mol. The summed E-state index contributed by atoms with van der Waals surface area (Å²) in [4.78, 5) is 22.8. The molecule has 2 aromatic rings. The lowest BCUT2D eigenvalue weighted by molar-refractivity contribution is -0.143. The molecule has 0 saturated carbocycles. The first-order chi connectivity index (χ1) is 14.9. The van der Waals surface area contributed by atoms with Gasteiger partial charge in [0, 0.05) is 37.5 Å². The van der Waals surface area contributed by atoms with E-state index in [2.05, 4.69) is 37.3 Å². The summed E-state index contributed by atoms with van der Waals surface area (Å²) < 4.78 is 78.9. The highest BCUT2D eigenvalue weighted by Gasteiger charge is 2.37. The Bertz CT molecular complexity index is 1030. The fourth-order valence-electron chi connectivity index (χ4n) is 2.18. The Balaban J connectivity index is 2.23. The highest BCUT2D eigenvalue weighted by Crippen LogP contribution is 2.37. The van der Waals surface area contributed by atoms with E-state index in [9.17, 15) is 31.1 Å². The van der Waals surface area contributed by atoms with E-state index in [0.717, 1.165) is 23.3 Å². The largest absolute Gasteiger partial charge is 0.416 e. The molecule has 1 aromatic heterocycles. The molecule has 2 rings (SSSR count). The molecular weight excluding hydrogens is 444 g/mol. The summed E-state index contributed by atoms with van der Waals surface area (Å²) in [5.41, 5.74) is -1.33. The van der Waals surface area contributed by atoms with E-state index in [1.54, 1.807) is 0 Å². The predicted octanol–water partition coefficient (Wildman–Crippen LogP) is 3.67. The highest BCUT2D eigenvalue weighted by atomic mass is 19.4. The number of hydrogen-bond acceptors (Lipinski definition) is 5. The Morgan fingerprint density at radius 3 is 2.31 bits per heavy atom. The number of rotatable bonds is 6. The minimum Gasteiger partial charge on any atom is -0.300 e. The summed E-state index contributed by atoms with van der Waals surface area (Å²) in [5, 5.41) is 7.47. The average molecular weight is 459 g/mol. The van der Waals surface area contributed by atoms with Gasteiger partial charge in [0.1, 0.15) is 6.33 Å². The highest BCUT2D eigenvalue weighted by molar-refractivity contribution is 5.97. The van der Waals surface area contributed by atoms with Gasteiger partial charge in [0.05, 0.1) is 11.1 Å². The molecule has 0 radical (unpaired) electrons. The van der Waals surface area contributed by atoms with Crippen LogP contribution in [0.2, 0.25) is 0 Å². The van der Waals surface area contributed by atoms with Crippen molar-refractivity contribution in [1.29, 1.82) is 0 Å². The second-order valence-corrected chi connectivity index (χ2v) is 5.97. The number of amides is 1. The van der Waals surface area contributed by atoms with E-state index < -0.39 is 40.8 Å². The van der Waals surface area contributed by atoms with E-state index in [4.69, 9.17) is 0 Å². The van der Waals surface area contributed by atoms with Crippen molar-refractivity contribution in [2.45, 2.75) is 18.8 Å². The van der Waals surface area contributed by atoms with Crippen LogP contribution in [0.25, 0.3) is 17.6 Å². The molecule has 0 aliphatic rings. The summed E-state index contributed by atoms with van der Waals surface area (Å²) in [6, 6.07) is 1.01. The topological polar surface area (TPSA) is 96.9 Å². The van der Waals surface area contributed by atoms with Crippen molar-refractivity contribution in [3.63, 3.8) is 0 Å². The predicted molar refractivity (Wildman–Crippen MR) is 105 cm³/mol. The average Bonchev–Trinajstić information content (AvgIpc) is 3.20. The quantitative estimate of drug-likeness (QED) is 0.235. The summed E-state index contributed by atoms with van der Waals surface area (Å²) in [6.45, 7) is 3.28. The molecule has 14 heteroatoms. The lowest BCUT2D eigenvalue weighted by Crippen LogP contribution is -2.16. The summed E-state index contributed by atoms with van der Waals surface area (Å²) in [7, 11) is 1.54. The molecule has 1 heterocycles. The van der Waals surface area contributed by atoms with Gasteiger partial charge in [0.25, 0.3) is 5.91 Å². The van der Waals surface area contributed by atoms with E-state index in [1.807, 2.05) is 0 Å². The number of carbonyl (C=O) groups is 1. The van der Waals surface area contributed by atoms with Gasteiger partial charge in [-0.05, 0) is 24.9 Å². The number of benzene rings is 1. The number of hydrazone groups is 1. The van der Waals surface area contributed by atoms with Gasteiger partial charge in [-0.2, -0.15) is 31.4 Å². The molecule has 0 unspecified atom stereocenters. The molecule has 0 aliphatic heterocycles. The van der Waals surface area contributed by atoms with Gasteiger partial charge < -0.3 is 4.99 Å². The number of amidine groups is 1. The van der Waals surface area contributed by atoms with E-state index in [0.29, 0.717) is 12.1 Å². The molecule has 0 spiro atoms. The smallest absolute Gasteiger partial charge is 0.300 e. The van der Waals surface area contributed by atoms with Crippen molar-refractivity contribution < 1.29 is 31.1 Å². The van der Waals surface area contributed by atoms with Gasteiger partial charge in [0.2, 0.25) is 0 Å². The third-order valence-electron chi connectivity index (χ3n) is 3.67. The molecule has 0 bridgehead atoms. The van der Waals surface area contributed by atoms with Crippen LogP contribution in [0.1, 0.15) is 17.5 Å². The molecule has 8 nitrogen and oxygen atoms in total. The van der Waals surface area contributed by atoms with E-state index in [-0.39, 0.29) is 18.3 Å². The minimum absolute atomic E-state index is 0.00395. The Morgan fingerprint density at radius 1 is 1.16 bits per heavy atom. The number of hydrogen-bond donors (Lipinski definition) is 1. The number of alkyl halides is 6. The Hall–Kier alpha value is -3.84. The number of aromatic nitrogens is 3. The van der Waals surface area contributed by atoms with E-state index in [1.165, 1.54) is 13.3 Å². The number of aliphatic imine (C=N–C) groups is 2. The molecule has 0 atom stereocenters. The van der Waals surface area contributed by atoms with Gasteiger partial charge in [-0.3, -0.25) is 4.79 Å². The second kappa shape index (κ2) is 9.98. The van der Waals surface area contributed by atoms with Crippen LogP contribution in [0.15, 0.2) is 45.7 Å². The SMILES string of the molecule is C=N/C(CC=NC)=N\NC(=O)C=Cn1cnc(-c2cc(C(F)(F)F)cc(C(F)(F)F)c2)n1. The normalized spacial score (nSPS) is 13.2. The number of halogens is 6. The van der Waals surface area contributed by atoms with Gasteiger partial charge in [0.15, 0.2) is 11.7 Å². The van der Waals surface area contributed by atoms with Crippen LogP contribution in [-0.2, 0) is 17.1 Å². The summed E-state index contributed by atoms with van der Waals surface area (Å²) in [5.74, 6) is -0.929. The van der Waals surface area contributed by atoms with Gasteiger partial charge in [-0.1, -0.05) is 0 Å². The Labute approximate surface area is 177 Å². The first-order valence-corrected chi connectivity index (χ1v) is 8.57. The Morgan fingerprint density at radius 2 is 1.78 bits per heavy atom. The zero-order chi connectivity index (χ0) is 23.9. The molecule has 170 valence electrons. The van der Waals surface area contributed by atoms with Crippen LogP contribution in [0.4, 0.5) is 26.3 Å². The maximum atomic E-state index is 13.0. The van der Waals surface area contributed by atoms with Gasteiger partial charge >= 0.3 is 12.4 Å². The fraction of sp³-hybridized carbons (Fsp3) is 0.222. The first-order valence-electron chi connectivity index (χ1n) is 8.57. The molecule has 0 fully saturated rings. The molecule has 1 aromatic carbocycles. The van der Waals surface area contributed by atoms with Crippen molar-refractivity contribution in [3.8, 4) is 11.4 Å². The van der Waals surface area contributed by atoms with Crippen molar-refractivity contribution in [2.24, 2.45) is 15.1 Å². The van der Waals surface area contributed by atoms with Crippen molar-refractivity contribution in [3.05, 3.63) is 41.7 Å². The second-order valence-electron chi connectivity index (χ2n) is 5.97. The zero-order valence-corrected chi connectivity index (χ0v) is 16.3. The number of nitrogens with one attached hydrogen (secondary N) is 1. The van der Waals surface area contributed by atoms with Crippen LogP contribution in [0.5, 0.6) is 0 Å². The summed E-state index contributed by atoms with van der Waals surface area (Å²) in [6.07, 6.45) is -5.24. The number of nitrogens with zero attached hydrogens (tertiary/aromatic N) is 6. The zero-order valence-electron chi connectivity index (χ0n) is 16.3. The maximum Gasteiger partial charge on any atom is 0.416 e. The first kappa shape index (κ1) is 24.4. The van der Waals surface area contributed by atoms with Crippen molar-refractivity contribution in [1.82, 2.24) is 20.2 Å². The molecule has 0 aliphatic carbocycles. The van der Waals surface area contributed by atoms with Crippen LogP contribution in [-0.4, -0.2) is 46.5 Å². The van der Waals surface area contributed by atoms with Crippen LogP contribution in [0, 0.1) is 0 Å². The lowest BCUT2D eigenvalue weighted by atomic mass is 10.0. The van der Waals surface area contributed by atoms with Crippen LogP contribution < -0.4 is 5.43 Å². The molecule has 32 heavy (non-hydrogen) atoms. The van der Waals surface area contributed by atoms with E-state index >= 15 is 0 Å². The molecule has 0 saturated heterocycles. The van der Waals surface area contributed by atoms with Crippen LogP contribution >= 0.6 is 0 Å². The minimum atomic E-state index is -5.00. The van der Waals surface area contributed by atoms with Crippen LogP contribution in [0.3, 0.4) is 0 Å². The number of carbonyl (C=O) groups excluding carboxylic acids is 1.